The monoisotopic (exact) mass is 260 g/mol. The predicted octanol–water partition coefficient (Wildman–Crippen LogP) is 2.58. The van der Waals surface area contributed by atoms with Crippen LogP contribution >= 0.6 is 0 Å². The molecule has 0 spiro atoms. The van der Waals surface area contributed by atoms with Crippen LogP contribution in [-0.4, -0.2) is 20.7 Å². The Balaban J connectivity index is 3.09. The van der Waals surface area contributed by atoms with Gasteiger partial charge in [-0.1, -0.05) is 49.8 Å². The van der Waals surface area contributed by atoms with Gasteiger partial charge in [-0.3, -0.25) is 0 Å². The van der Waals surface area contributed by atoms with Gasteiger partial charge in [0.1, 0.15) is 0 Å². The van der Waals surface area contributed by atoms with Crippen molar-refractivity contribution in [3.05, 3.63) is 29.3 Å². The van der Waals surface area contributed by atoms with Crippen molar-refractivity contribution < 1.29 is 9.53 Å². The first kappa shape index (κ1) is 14.5. The number of hydrogen-bond acceptors (Lipinski definition) is 2. The van der Waals surface area contributed by atoms with E-state index in [9.17, 15) is 4.79 Å². The van der Waals surface area contributed by atoms with E-state index >= 15 is 0 Å². The lowest BCUT2D eigenvalue weighted by molar-refractivity contribution is 0.0555. The molecule has 0 fully saturated rings. The fourth-order valence-corrected chi connectivity index (χ4v) is 2.93. The molecule has 2 nitrogen and oxygen atoms in total. The third-order valence-corrected chi connectivity index (χ3v) is 4.90. The first-order chi connectivity index (χ1) is 8.40. The summed E-state index contributed by atoms with van der Waals surface area (Å²) in [4.78, 5) is 11.8. The largest absolute Gasteiger partial charge is 0.449 e. The fraction of sp³-hybridized carbons (Fsp3) is 0.400. The Hall–Kier alpha value is -1.53. The number of carbonyl (C=O) groups is 1. The molecule has 1 aromatic rings. The molecule has 0 aliphatic heterocycles. The van der Waals surface area contributed by atoms with Gasteiger partial charge < -0.3 is 4.74 Å². The van der Waals surface area contributed by atoms with E-state index in [1.165, 1.54) is 5.19 Å². The third-order valence-electron chi connectivity index (χ3n) is 2.86. The Kier molecular flexibility index (Phi) is 4.74. The normalized spacial score (nSPS) is 10.8. The van der Waals surface area contributed by atoms with E-state index in [2.05, 4.69) is 31.6 Å². The van der Waals surface area contributed by atoms with Crippen LogP contribution in [0.25, 0.3) is 0 Å². The van der Waals surface area contributed by atoms with Crippen molar-refractivity contribution in [2.24, 2.45) is 0 Å². The van der Waals surface area contributed by atoms with Crippen molar-refractivity contribution in [2.75, 3.05) is 6.61 Å². The molecule has 0 aliphatic rings. The molecular weight excluding hydrogens is 240 g/mol. The minimum atomic E-state index is -1.35. The van der Waals surface area contributed by atoms with E-state index < -0.39 is 8.07 Å². The molecule has 18 heavy (non-hydrogen) atoms. The molecule has 0 saturated heterocycles. The summed E-state index contributed by atoms with van der Waals surface area (Å²) < 4.78 is 4.98. The molecule has 0 aromatic heterocycles. The van der Waals surface area contributed by atoms with Crippen LogP contribution < -0.4 is 5.19 Å². The number of esters is 1. The van der Waals surface area contributed by atoms with E-state index in [1.54, 1.807) is 0 Å². The van der Waals surface area contributed by atoms with Crippen molar-refractivity contribution in [2.45, 2.75) is 33.0 Å². The second-order valence-corrected chi connectivity index (χ2v) is 10.3. The van der Waals surface area contributed by atoms with Crippen LogP contribution in [0.1, 0.15) is 22.8 Å². The number of rotatable bonds is 4. The Morgan fingerprint density at radius 2 is 2.06 bits per heavy atom. The van der Waals surface area contributed by atoms with Gasteiger partial charge in [-0.2, -0.15) is 0 Å². The van der Waals surface area contributed by atoms with Crippen molar-refractivity contribution in [3.8, 4) is 12.3 Å². The molecule has 0 N–H and O–H groups in total. The van der Waals surface area contributed by atoms with Gasteiger partial charge in [0, 0.05) is 0 Å². The van der Waals surface area contributed by atoms with Crippen LogP contribution in [0.15, 0.2) is 18.2 Å². The van der Waals surface area contributed by atoms with Gasteiger partial charge in [-0.15, -0.1) is 6.42 Å². The van der Waals surface area contributed by atoms with Gasteiger partial charge in [0.2, 0.25) is 0 Å². The third kappa shape index (κ3) is 3.48. The molecule has 0 amide bonds. The van der Waals surface area contributed by atoms with Gasteiger partial charge >= 0.3 is 5.97 Å². The topological polar surface area (TPSA) is 26.3 Å². The zero-order valence-electron chi connectivity index (χ0n) is 11.5. The Morgan fingerprint density at radius 1 is 1.39 bits per heavy atom. The maximum absolute atomic E-state index is 11.8. The zero-order valence-corrected chi connectivity index (χ0v) is 12.5. The quantitative estimate of drug-likeness (QED) is 0.472. The zero-order chi connectivity index (χ0) is 13.8. The minimum Gasteiger partial charge on any atom is -0.449 e. The highest BCUT2D eigenvalue weighted by Crippen LogP contribution is 2.13. The van der Waals surface area contributed by atoms with Gasteiger partial charge in [-0.25, -0.2) is 4.79 Å². The lowest BCUT2D eigenvalue weighted by Crippen LogP contribution is -2.38. The molecule has 0 saturated carbocycles. The Morgan fingerprint density at radius 3 is 2.56 bits per heavy atom. The second kappa shape index (κ2) is 5.88. The molecule has 1 rings (SSSR count). The lowest BCUT2D eigenvalue weighted by atomic mass is 10.1. The number of hydrogen-bond donors (Lipinski definition) is 0. The maximum Gasteiger partial charge on any atom is 0.339 e. The summed E-state index contributed by atoms with van der Waals surface area (Å²) in [6.07, 6.45) is 5.90. The van der Waals surface area contributed by atoms with Gasteiger partial charge in [0.15, 0.2) is 6.61 Å². The summed E-state index contributed by atoms with van der Waals surface area (Å²) in [5.41, 5.74) is 1.67. The van der Waals surface area contributed by atoms with Crippen molar-refractivity contribution >= 4 is 19.2 Å². The first-order valence-corrected chi connectivity index (χ1v) is 9.64. The molecule has 0 aliphatic carbocycles. The lowest BCUT2D eigenvalue weighted by Gasteiger charge is -2.18. The predicted molar refractivity (Wildman–Crippen MR) is 77.9 cm³/mol. The number of carbonyl (C=O) groups excluding carboxylic acids is 1. The first-order valence-electron chi connectivity index (χ1n) is 6.14. The number of ether oxygens (including phenoxy) is 1. The summed E-state index contributed by atoms with van der Waals surface area (Å²) in [6, 6.07) is 6.04. The van der Waals surface area contributed by atoms with Crippen molar-refractivity contribution in [1.82, 2.24) is 0 Å². The van der Waals surface area contributed by atoms with Gasteiger partial charge in [0.25, 0.3) is 0 Å². The van der Waals surface area contributed by atoms with Gasteiger partial charge in [-0.05, 0) is 18.1 Å². The van der Waals surface area contributed by atoms with Gasteiger partial charge in [0.05, 0.1) is 13.6 Å². The summed E-state index contributed by atoms with van der Waals surface area (Å²) in [5, 5.41) is 1.35. The van der Waals surface area contributed by atoms with E-state index in [0.717, 1.165) is 12.0 Å². The maximum atomic E-state index is 11.8. The standard InChI is InChI=1S/C15H20O2Si/c1-6-10-17-15(16)14-9-8-13(18(3,4)5)11-12(14)7-2/h1,8-9,11H,7,10H2,2-5H3. The molecule has 0 atom stereocenters. The van der Waals surface area contributed by atoms with Crippen LogP contribution in [0.2, 0.25) is 19.6 Å². The Labute approximate surface area is 110 Å². The average Bonchev–Trinajstić information content (AvgIpc) is 2.34. The minimum absolute atomic E-state index is 0.0256. The van der Waals surface area contributed by atoms with E-state index in [0.29, 0.717) is 5.56 Å². The molecular formula is C15H20O2Si. The SMILES string of the molecule is C#CCOC(=O)c1ccc([Si](C)(C)C)cc1CC. The molecule has 96 valence electrons. The average molecular weight is 260 g/mol. The summed E-state index contributed by atoms with van der Waals surface area (Å²) in [5.74, 6) is 1.98. The Bertz CT molecular complexity index is 478. The number of aryl methyl sites for hydroxylation is 1. The second-order valence-electron chi connectivity index (χ2n) is 5.26. The highest BCUT2D eigenvalue weighted by Gasteiger charge is 2.19. The van der Waals surface area contributed by atoms with Crippen LogP contribution in [0.3, 0.4) is 0 Å². The van der Waals surface area contributed by atoms with E-state index in [4.69, 9.17) is 11.2 Å². The molecule has 0 bridgehead atoms. The number of terminal acetylenes is 1. The highest BCUT2D eigenvalue weighted by molar-refractivity contribution is 6.88. The molecule has 1 aromatic carbocycles. The van der Waals surface area contributed by atoms with Crippen molar-refractivity contribution in [1.29, 1.82) is 0 Å². The summed E-state index contributed by atoms with van der Waals surface area (Å²) >= 11 is 0. The van der Waals surface area contributed by atoms with E-state index in [-0.39, 0.29) is 12.6 Å². The fourth-order valence-electron chi connectivity index (χ4n) is 1.74. The molecule has 0 heterocycles. The number of benzene rings is 1. The molecule has 3 heteroatoms. The van der Waals surface area contributed by atoms with Crippen LogP contribution in [0.5, 0.6) is 0 Å². The highest BCUT2D eigenvalue weighted by atomic mass is 28.3. The molecule has 0 unspecified atom stereocenters. The smallest absolute Gasteiger partial charge is 0.339 e. The van der Waals surface area contributed by atoms with E-state index in [1.807, 2.05) is 19.1 Å². The summed E-state index contributed by atoms with van der Waals surface area (Å²) in [7, 11) is -1.35. The van der Waals surface area contributed by atoms with Crippen LogP contribution in [-0.2, 0) is 11.2 Å². The van der Waals surface area contributed by atoms with Crippen molar-refractivity contribution in [3.63, 3.8) is 0 Å². The summed E-state index contributed by atoms with van der Waals surface area (Å²) in [6.45, 7) is 8.94. The molecule has 0 radical (unpaired) electrons. The van der Waals surface area contributed by atoms with Crippen LogP contribution in [0.4, 0.5) is 0 Å². The van der Waals surface area contributed by atoms with Crippen LogP contribution in [0, 0.1) is 12.3 Å².